The number of halogens is 3. The third kappa shape index (κ3) is 5.00. The summed E-state index contributed by atoms with van der Waals surface area (Å²) in [6.45, 7) is 4.67. The number of ether oxygens (including phenoxy) is 1. The topological polar surface area (TPSA) is 67.6 Å². The molecule has 0 radical (unpaired) electrons. The number of carbonyl (C=O) groups is 1. The van der Waals surface area contributed by atoms with Crippen LogP contribution in [-0.4, -0.2) is 50.4 Å². The van der Waals surface area contributed by atoms with E-state index in [0.717, 1.165) is 38.4 Å². The Balaban J connectivity index is 0.000000289. The minimum Gasteiger partial charge on any atom is -0.475 e. The van der Waals surface area contributed by atoms with Crippen LogP contribution in [0.4, 0.5) is 13.2 Å². The van der Waals surface area contributed by atoms with Gasteiger partial charge in [-0.05, 0) is 40.3 Å². The summed E-state index contributed by atoms with van der Waals surface area (Å²) in [7, 11) is 0. The number of rotatable bonds is 3. The van der Waals surface area contributed by atoms with Crippen molar-refractivity contribution in [3.63, 3.8) is 0 Å². The van der Waals surface area contributed by atoms with Crippen LogP contribution in [0.5, 0.6) is 0 Å². The Kier molecular flexibility index (Phi) is 6.20. The van der Waals surface area contributed by atoms with E-state index in [-0.39, 0.29) is 5.60 Å². The number of fused-ring (bicyclic) bond motifs is 1. The van der Waals surface area contributed by atoms with Crippen molar-refractivity contribution < 1.29 is 27.8 Å². The van der Waals surface area contributed by atoms with Crippen molar-refractivity contribution >= 4 is 28.6 Å². The van der Waals surface area contributed by atoms with Crippen LogP contribution in [0.2, 0.25) is 0 Å². The molecule has 5 rings (SSSR count). The molecule has 166 valence electrons. The van der Waals surface area contributed by atoms with E-state index < -0.39 is 12.1 Å². The van der Waals surface area contributed by atoms with E-state index in [1.54, 1.807) is 22.7 Å². The number of likely N-dealkylation sites (tertiary alicyclic amines) is 1. The molecular weight excluding hydrogens is 451 g/mol. The quantitative estimate of drug-likeness (QED) is 0.610. The zero-order valence-corrected chi connectivity index (χ0v) is 18.0. The number of aromatic nitrogens is 2. The highest BCUT2D eigenvalue weighted by atomic mass is 32.1. The molecule has 1 unspecified atom stereocenters. The fourth-order valence-corrected chi connectivity index (χ4v) is 5.16. The number of imidazole rings is 1. The standard InChI is InChI=1S/C18H19N3OS2.C2HF3O2/c1-5-23-10-14(1)8-20-4-3-18(12-20)13-21-16(15-2-6-24-11-15)7-19-17(21)9-22-18;3-2(4,5)1(6)7/h1-2,5-7,10-11H,3-4,8-9,12-13H2;(H,6,7). The predicted molar refractivity (Wildman–Crippen MR) is 111 cm³/mol. The van der Waals surface area contributed by atoms with Gasteiger partial charge in [0.05, 0.1) is 18.4 Å². The van der Waals surface area contributed by atoms with Gasteiger partial charge in [-0.2, -0.15) is 35.8 Å². The largest absolute Gasteiger partial charge is 0.490 e. The number of carboxylic acids is 1. The summed E-state index contributed by atoms with van der Waals surface area (Å²) in [4.78, 5) is 16.0. The average Bonchev–Trinajstić information content (AvgIpc) is 3.49. The van der Waals surface area contributed by atoms with E-state index in [1.165, 1.54) is 16.8 Å². The molecule has 5 heterocycles. The molecule has 1 atom stereocenters. The van der Waals surface area contributed by atoms with Crippen molar-refractivity contribution in [1.82, 2.24) is 14.5 Å². The zero-order chi connectivity index (χ0) is 22.1. The molecule has 3 aromatic rings. The van der Waals surface area contributed by atoms with Crippen molar-refractivity contribution in [3.8, 4) is 11.3 Å². The number of thiophene rings is 2. The van der Waals surface area contributed by atoms with Gasteiger partial charge < -0.3 is 14.4 Å². The van der Waals surface area contributed by atoms with E-state index in [4.69, 9.17) is 14.6 Å². The van der Waals surface area contributed by atoms with E-state index in [0.29, 0.717) is 6.61 Å². The first kappa shape index (κ1) is 22.0. The number of hydrogen-bond acceptors (Lipinski definition) is 6. The average molecular weight is 472 g/mol. The first-order chi connectivity index (χ1) is 14.8. The molecule has 3 aromatic heterocycles. The third-order valence-corrected chi connectivity index (χ3v) is 6.75. The zero-order valence-electron chi connectivity index (χ0n) is 16.3. The molecule has 31 heavy (non-hydrogen) atoms. The van der Waals surface area contributed by atoms with Crippen molar-refractivity contribution in [3.05, 3.63) is 51.2 Å². The summed E-state index contributed by atoms with van der Waals surface area (Å²) in [5.74, 6) is -1.70. The first-order valence-electron chi connectivity index (χ1n) is 9.50. The summed E-state index contributed by atoms with van der Waals surface area (Å²) in [6.07, 6.45) is -1.99. The Labute approximate surface area is 184 Å². The fourth-order valence-electron chi connectivity index (χ4n) is 3.85. The summed E-state index contributed by atoms with van der Waals surface area (Å²) < 4.78 is 40.4. The van der Waals surface area contributed by atoms with Gasteiger partial charge >= 0.3 is 12.1 Å². The Hall–Kier alpha value is -2.21. The van der Waals surface area contributed by atoms with Gasteiger partial charge in [0.15, 0.2) is 0 Å². The van der Waals surface area contributed by atoms with Gasteiger partial charge in [0.1, 0.15) is 18.0 Å². The maximum atomic E-state index is 10.6. The smallest absolute Gasteiger partial charge is 0.475 e. The van der Waals surface area contributed by atoms with Crippen LogP contribution in [0.25, 0.3) is 11.3 Å². The normalized spacial score (nSPS) is 21.0. The molecule has 0 bridgehead atoms. The molecular formula is C20H20F3N3O3S2. The molecule has 0 aromatic carbocycles. The third-order valence-electron chi connectivity index (χ3n) is 5.33. The minimum absolute atomic E-state index is 0.0610. The number of hydrogen-bond donors (Lipinski definition) is 1. The second-order valence-corrected chi connectivity index (χ2v) is 9.08. The monoisotopic (exact) mass is 471 g/mol. The van der Waals surface area contributed by atoms with Gasteiger partial charge in [-0.1, -0.05) is 0 Å². The molecule has 0 amide bonds. The number of nitrogens with zero attached hydrogens (tertiary/aromatic N) is 3. The molecule has 0 saturated carbocycles. The van der Waals surface area contributed by atoms with Gasteiger partial charge in [-0.15, -0.1) is 0 Å². The lowest BCUT2D eigenvalue weighted by molar-refractivity contribution is -0.192. The maximum Gasteiger partial charge on any atom is 0.490 e. The van der Waals surface area contributed by atoms with E-state index in [1.807, 2.05) is 6.20 Å². The van der Waals surface area contributed by atoms with E-state index in [9.17, 15) is 13.2 Å². The molecule has 1 saturated heterocycles. The SMILES string of the molecule is O=C(O)C(F)(F)F.c1cc(CN2CCC3(C2)Cn2c(-c4ccsc4)cnc2CO3)cs1. The number of carboxylic acid groups (broad SMARTS) is 1. The van der Waals surface area contributed by atoms with Crippen LogP contribution in [0.1, 0.15) is 17.8 Å². The second kappa shape index (κ2) is 8.73. The Morgan fingerprint density at radius 1 is 1.23 bits per heavy atom. The van der Waals surface area contributed by atoms with E-state index in [2.05, 4.69) is 48.1 Å². The van der Waals surface area contributed by atoms with Gasteiger partial charge in [0, 0.05) is 30.6 Å². The highest BCUT2D eigenvalue weighted by Crippen LogP contribution is 2.36. The molecule has 1 N–H and O–H groups in total. The number of aliphatic carboxylic acids is 1. The molecule has 1 spiro atoms. The van der Waals surface area contributed by atoms with Gasteiger partial charge in [-0.3, -0.25) is 4.90 Å². The lowest BCUT2D eigenvalue weighted by Gasteiger charge is -2.35. The molecule has 2 aliphatic heterocycles. The Bertz CT molecular complexity index is 1020. The van der Waals surface area contributed by atoms with Crippen LogP contribution in [0.15, 0.2) is 39.8 Å². The lowest BCUT2D eigenvalue weighted by Crippen LogP contribution is -2.44. The summed E-state index contributed by atoms with van der Waals surface area (Å²) in [5, 5.41) is 15.9. The summed E-state index contributed by atoms with van der Waals surface area (Å²) in [5.41, 5.74) is 3.85. The Morgan fingerprint density at radius 3 is 2.61 bits per heavy atom. The van der Waals surface area contributed by atoms with Crippen molar-refractivity contribution in [2.24, 2.45) is 0 Å². The lowest BCUT2D eigenvalue weighted by atomic mass is 10.0. The van der Waals surface area contributed by atoms with Crippen molar-refractivity contribution in [2.45, 2.75) is 37.9 Å². The van der Waals surface area contributed by atoms with Gasteiger partial charge in [0.2, 0.25) is 0 Å². The molecule has 6 nitrogen and oxygen atoms in total. The summed E-state index contributed by atoms with van der Waals surface area (Å²) >= 11 is 3.51. The minimum atomic E-state index is -5.08. The van der Waals surface area contributed by atoms with Crippen molar-refractivity contribution in [1.29, 1.82) is 0 Å². The highest BCUT2D eigenvalue weighted by molar-refractivity contribution is 7.08. The second-order valence-electron chi connectivity index (χ2n) is 7.52. The first-order valence-corrected chi connectivity index (χ1v) is 11.4. The van der Waals surface area contributed by atoms with Gasteiger partial charge in [-0.25, -0.2) is 9.78 Å². The molecule has 1 fully saturated rings. The maximum absolute atomic E-state index is 10.6. The predicted octanol–water partition coefficient (Wildman–Crippen LogP) is 4.48. The van der Waals surface area contributed by atoms with Gasteiger partial charge in [0.25, 0.3) is 0 Å². The van der Waals surface area contributed by atoms with Crippen LogP contribution in [-0.2, 0) is 29.2 Å². The fraction of sp³-hybridized carbons (Fsp3) is 0.400. The molecule has 11 heteroatoms. The van der Waals surface area contributed by atoms with Crippen molar-refractivity contribution in [2.75, 3.05) is 13.1 Å². The summed E-state index contributed by atoms with van der Waals surface area (Å²) in [6, 6.07) is 4.40. The highest BCUT2D eigenvalue weighted by Gasteiger charge is 2.43. The molecule has 0 aliphatic carbocycles. The van der Waals surface area contributed by atoms with Crippen LogP contribution in [0, 0.1) is 0 Å². The Morgan fingerprint density at radius 2 is 1.97 bits per heavy atom. The molecule has 2 aliphatic rings. The van der Waals surface area contributed by atoms with Crippen LogP contribution in [0.3, 0.4) is 0 Å². The number of alkyl halides is 3. The van der Waals surface area contributed by atoms with Crippen LogP contribution < -0.4 is 0 Å². The van der Waals surface area contributed by atoms with Crippen LogP contribution >= 0.6 is 22.7 Å². The van der Waals surface area contributed by atoms with E-state index >= 15 is 0 Å².